The van der Waals surface area contributed by atoms with Gasteiger partial charge in [-0.1, -0.05) is 58.7 Å². The number of hydrogen-bond donors (Lipinski definition) is 1. The first kappa shape index (κ1) is 27.4. The molecule has 12 nitrogen and oxygen atoms in total. The Morgan fingerprint density at radius 1 is 1.02 bits per heavy atom. The maximum absolute atomic E-state index is 14.0. The average Bonchev–Trinajstić information content (AvgIpc) is 3.62. The Hall–Kier alpha value is -4.81. The van der Waals surface area contributed by atoms with E-state index >= 15 is 0 Å². The van der Waals surface area contributed by atoms with Crippen LogP contribution >= 0.6 is 23.2 Å². The lowest BCUT2D eigenvalue weighted by atomic mass is 10.0. The number of imidazole rings is 1. The Kier molecular flexibility index (Phi) is 7.31. The van der Waals surface area contributed by atoms with Crippen LogP contribution in [-0.4, -0.2) is 62.5 Å². The minimum absolute atomic E-state index is 0.0790. The van der Waals surface area contributed by atoms with E-state index in [9.17, 15) is 19.5 Å². The van der Waals surface area contributed by atoms with Crippen molar-refractivity contribution in [1.29, 1.82) is 0 Å². The normalized spacial score (nSPS) is 13.5. The number of hydrogen-bond acceptors (Lipinski definition) is 7. The van der Waals surface area contributed by atoms with Crippen molar-refractivity contribution in [2.75, 3.05) is 6.54 Å². The fraction of sp³-hybridized carbons (Fsp3) is 0.179. The molecule has 0 fully saturated rings. The predicted molar refractivity (Wildman–Crippen MR) is 153 cm³/mol. The van der Waals surface area contributed by atoms with Crippen molar-refractivity contribution in [3.05, 3.63) is 111 Å². The Balaban J connectivity index is 1.36. The molecule has 1 amide bonds. The Labute approximate surface area is 248 Å². The van der Waals surface area contributed by atoms with E-state index < -0.39 is 17.6 Å². The summed E-state index contributed by atoms with van der Waals surface area (Å²) in [5.41, 5.74) is 1.75. The highest BCUT2D eigenvalue weighted by molar-refractivity contribution is 6.31. The molecule has 0 bridgehead atoms. The van der Waals surface area contributed by atoms with Crippen LogP contribution in [0.1, 0.15) is 27.9 Å². The van der Waals surface area contributed by atoms with Crippen LogP contribution < -0.4 is 5.56 Å². The van der Waals surface area contributed by atoms with Crippen LogP contribution in [0, 0.1) is 0 Å². The second-order valence-corrected chi connectivity index (χ2v) is 10.5. The zero-order valence-electron chi connectivity index (χ0n) is 21.8. The molecule has 42 heavy (non-hydrogen) atoms. The van der Waals surface area contributed by atoms with Crippen LogP contribution in [0.15, 0.2) is 78.1 Å². The van der Waals surface area contributed by atoms with Crippen LogP contribution in [0.25, 0.3) is 16.9 Å². The van der Waals surface area contributed by atoms with Gasteiger partial charge in [-0.15, -0.1) is 5.10 Å². The predicted octanol–water partition coefficient (Wildman–Crippen LogP) is 3.52. The molecular weight excluding hydrogens is 583 g/mol. The zero-order chi connectivity index (χ0) is 29.4. The van der Waals surface area contributed by atoms with E-state index in [-0.39, 0.29) is 29.7 Å². The number of carbonyl (C=O) groups excluding carboxylic acids is 1. The van der Waals surface area contributed by atoms with Gasteiger partial charge in [0.1, 0.15) is 11.9 Å². The lowest BCUT2D eigenvalue weighted by molar-refractivity contribution is -0.136. The molecule has 1 aliphatic rings. The second-order valence-electron chi connectivity index (χ2n) is 9.67. The molecule has 0 spiro atoms. The maximum atomic E-state index is 14.0. The number of carboxylic acid groups (broad SMARTS) is 1. The van der Waals surface area contributed by atoms with E-state index in [0.29, 0.717) is 40.9 Å². The first-order chi connectivity index (χ1) is 20.3. The largest absolute Gasteiger partial charge is 0.476 e. The van der Waals surface area contributed by atoms with E-state index in [2.05, 4.69) is 20.3 Å². The highest BCUT2D eigenvalue weighted by Crippen LogP contribution is 2.28. The first-order valence-electron chi connectivity index (χ1n) is 12.8. The van der Waals surface area contributed by atoms with E-state index in [1.807, 2.05) is 30.3 Å². The number of nitrogens with zero attached hydrogens (tertiary/aromatic N) is 8. The van der Waals surface area contributed by atoms with Crippen molar-refractivity contribution >= 4 is 35.1 Å². The minimum atomic E-state index is -1.13. The Morgan fingerprint density at radius 2 is 1.83 bits per heavy atom. The molecule has 4 heterocycles. The first-order valence-corrected chi connectivity index (χ1v) is 13.6. The molecule has 0 saturated heterocycles. The zero-order valence-corrected chi connectivity index (χ0v) is 23.4. The third kappa shape index (κ3) is 5.41. The number of amides is 1. The summed E-state index contributed by atoms with van der Waals surface area (Å²) in [6.45, 7) is 0.832. The fourth-order valence-electron chi connectivity index (χ4n) is 4.96. The quantitative estimate of drug-likeness (QED) is 0.297. The lowest BCUT2D eigenvalue weighted by Gasteiger charge is -2.31. The van der Waals surface area contributed by atoms with Crippen molar-refractivity contribution in [3.63, 3.8) is 0 Å². The Morgan fingerprint density at radius 3 is 2.55 bits per heavy atom. The van der Waals surface area contributed by atoms with Gasteiger partial charge >= 0.3 is 5.97 Å². The van der Waals surface area contributed by atoms with Crippen molar-refractivity contribution in [3.8, 4) is 16.9 Å². The molecule has 5 aromatic rings. The second kappa shape index (κ2) is 11.2. The Bertz CT molecular complexity index is 1870. The molecule has 1 N–H and O–H groups in total. The van der Waals surface area contributed by atoms with Gasteiger partial charge in [0, 0.05) is 42.4 Å². The molecule has 14 heteroatoms. The van der Waals surface area contributed by atoms with Gasteiger partial charge in [-0.05, 0) is 23.8 Å². The number of halogens is 2. The number of rotatable bonds is 7. The number of fused-ring (bicyclic) bond motifs is 1. The number of aromatic carboxylic acids is 1. The van der Waals surface area contributed by atoms with E-state index in [1.165, 1.54) is 34.0 Å². The van der Waals surface area contributed by atoms with E-state index in [0.717, 1.165) is 5.56 Å². The summed E-state index contributed by atoms with van der Waals surface area (Å²) in [5, 5.41) is 17.8. The summed E-state index contributed by atoms with van der Waals surface area (Å²) in [7, 11) is 0. The smallest absolute Gasteiger partial charge is 0.356 e. The van der Waals surface area contributed by atoms with Crippen molar-refractivity contribution in [2.24, 2.45) is 0 Å². The van der Waals surface area contributed by atoms with Gasteiger partial charge in [0.05, 0.1) is 30.5 Å². The molecule has 212 valence electrons. The molecule has 1 unspecified atom stereocenters. The molecular formula is C28H22Cl2N8O4. The van der Waals surface area contributed by atoms with E-state index in [4.69, 9.17) is 23.2 Å². The standard InChI is InChI=1S/C28H22Cl2N8O4/c29-18-6-7-22(38-14-24(30)33-34-38)19(11-18)20-12-26(39)37(16-31-20)23(10-17-4-2-1-3-5-17)27(40)36-9-8-35-13-21(28(41)42)32-25(35)15-36/h1-7,11-14,16,23H,8-10,15H2,(H,41,42). The van der Waals surface area contributed by atoms with E-state index in [1.54, 1.807) is 27.7 Å². The summed E-state index contributed by atoms with van der Waals surface area (Å²) in [4.78, 5) is 49.3. The molecule has 0 saturated carbocycles. The molecule has 1 atom stereocenters. The van der Waals surface area contributed by atoms with Gasteiger partial charge in [0.2, 0.25) is 5.91 Å². The topological polar surface area (TPSA) is 141 Å². The third-order valence-electron chi connectivity index (χ3n) is 7.01. The molecule has 6 rings (SSSR count). The summed E-state index contributed by atoms with van der Waals surface area (Å²) >= 11 is 12.2. The number of aromatic nitrogens is 7. The molecule has 3 aromatic heterocycles. The van der Waals surface area contributed by atoms with Crippen molar-refractivity contribution in [2.45, 2.75) is 25.6 Å². The summed E-state index contributed by atoms with van der Waals surface area (Å²) in [5.74, 6) is -0.973. The average molecular weight is 605 g/mol. The van der Waals surface area contributed by atoms with Gasteiger partial charge in [-0.3, -0.25) is 14.2 Å². The van der Waals surface area contributed by atoms with Gasteiger partial charge < -0.3 is 14.6 Å². The van der Waals surface area contributed by atoms with Crippen molar-refractivity contribution < 1.29 is 14.7 Å². The molecule has 0 radical (unpaired) electrons. The van der Waals surface area contributed by atoms with Crippen LogP contribution in [-0.2, 0) is 24.3 Å². The monoisotopic (exact) mass is 604 g/mol. The van der Waals surface area contributed by atoms with Crippen LogP contribution in [0.3, 0.4) is 0 Å². The molecule has 0 aliphatic carbocycles. The van der Waals surface area contributed by atoms with Gasteiger partial charge in [-0.25, -0.2) is 19.4 Å². The minimum Gasteiger partial charge on any atom is -0.476 e. The van der Waals surface area contributed by atoms with Crippen LogP contribution in [0.2, 0.25) is 10.2 Å². The third-order valence-corrected chi connectivity index (χ3v) is 7.42. The van der Waals surface area contributed by atoms with Gasteiger partial charge in [-0.2, -0.15) is 0 Å². The highest BCUT2D eigenvalue weighted by Gasteiger charge is 2.31. The number of carboxylic acids is 1. The number of benzene rings is 2. The lowest BCUT2D eigenvalue weighted by Crippen LogP contribution is -2.44. The summed E-state index contributed by atoms with van der Waals surface area (Å²) in [6, 6.07) is 14.9. The number of carbonyl (C=O) groups is 2. The maximum Gasteiger partial charge on any atom is 0.356 e. The highest BCUT2D eigenvalue weighted by atomic mass is 35.5. The fourth-order valence-corrected chi connectivity index (χ4v) is 5.26. The summed E-state index contributed by atoms with van der Waals surface area (Å²) in [6.07, 6.45) is 4.58. The van der Waals surface area contributed by atoms with Crippen molar-refractivity contribution in [1.82, 2.24) is 39.0 Å². The molecule has 1 aliphatic heterocycles. The van der Waals surface area contributed by atoms with Gasteiger partial charge in [0.25, 0.3) is 5.56 Å². The molecule has 2 aromatic carbocycles. The van der Waals surface area contributed by atoms with Gasteiger partial charge in [0.15, 0.2) is 10.8 Å². The summed E-state index contributed by atoms with van der Waals surface area (Å²) < 4.78 is 4.50. The SMILES string of the molecule is O=C(O)c1cn2c(n1)CN(C(=O)C(Cc1ccccc1)n1cnc(-c3cc(Cl)ccc3-n3cc(Cl)nn3)cc1=O)CC2. The van der Waals surface area contributed by atoms with Crippen LogP contribution in [0.4, 0.5) is 0 Å². The van der Waals surface area contributed by atoms with Crippen LogP contribution in [0.5, 0.6) is 0 Å².